The zero-order valence-electron chi connectivity index (χ0n) is 7.43. The van der Waals surface area contributed by atoms with Crippen molar-refractivity contribution in [3.8, 4) is 0 Å². The van der Waals surface area contributed by atoms with E-state index in [-0.39, 0.29) is 6.42 Å². The molecule has 1 radical (unpaired) electrons. The number of hydrogen-bond donors (Lipinski definition) is 2. The number of rotatable bonds is 4. The van der Waals surface area contributed by atoms with Gasteiger partial charge >= 0.3 is 5.97 Å². The van der Waals surface area contributed by atoms with Crippen molar-refractivity contribution in [2.45, 2.75) is 12.5 Å². The second kappa shape index (κ2) is 4.53. The Morgan fingerprint density at radius 3 is 2.71 bits per heavy atom. The Balaban J connectivity index is 2.71. The monoisotopic (exact) mass is 192 g/mol. The molecule has 1 aromatic carbocycles. The maximum Gasteiger partial charge on any atom is 0.305 e. The summed E-state index contributed by atoms with van der Waals surface area (Å²) < 4.78 is 0. The van der Waals surface area contributed by atoms with Gasteiger partial charge in [0.25, 0.3) is 0 Å². The lowest BCUT2D eigenvalue weighted by Crippen LogP contribution is -2.32. The average Bonchev–Trinajstić information content (AvgIpc) is 2.17. The third-order valence-electron chi connectivity index (χ3n) is 1.71. The Morgan fingerprint density at radius 2 is 2.21 bits per heavy atom. The molecule has 0 heterocycles. The van der Waals surface area contributed by atoms with E-state index in [0.717, 1.165) is 0 Å². The van der Waals surface area contributed by atoms with Gasteiger partial charge in [-0.15, -0.1) is 0 Å². The summed E-state index contributed by atoms with van der Waals surface area (Å²) in [5.41, 5.74) is 5.72. The first-order valence-electron chi connectivity index (χ1n) is 4.09. The van der Waals surface area contributed by atoms with Crippen molar-refractivity contribution in [2.24, 2.45) is 5.73 Å². The zero-order chi connectivity index (χ0) is 10.6. The quantitative estimate of drug-likeness (QED) is 0.679. The fraction of sp³-hybridized carbons (Fsp3) is 0.200. The van der Waals surface area contributed by atoms with Crippen LogP contribution >= 0.6 is 0 Å². The summed E-state index contributed by atoms with van der Waals surface area (Å²) >= 11 is 0. The molecule has 0 saturated carbocycles. The third kappa shape index (κ3) is 2.67. The van der Waals surface area contributed by atoms with Crippen LogP contribution in [0.4, 0.5) is 0 Å². The summed E-state index contributed by atoms with van der Waals surface area (Å²) in [6.07, 6.45) is -0.360. The molecule has 3 N–H and O–H groups in total. The van der Waals surface area contributed by atoms with E-state index in [2.05, 4.69) is 6.07 Å². The van der Waals surface area contributed by atoms with Crippen LogP contribution in [-0.4, -0.2) is 22.9 Å². The number of ketones is 1. The van der Waals surface area contributed by atoms with Crippen LogP contribution < -0.4 is 5.73 Å². The van der Waals surface area contributed by atoms with Gasteiger partial charge in [-0.2, -0.15) is 0 Å². The second-order valence-corrected chi connectivity index (χ2v) is 2.84. The number of Topliss-reactive ketones (excluding diaryl/α,β-unsaturated/α-hetero) is 1. The molecule has 0 spiro atoms. The minimum atomic E-state index is -1.08. The molecular formula is C10H10NO3. The van der Waals surface area contributed by atoms with E-state index >= 15 is 0 Å². The van der Waals surface area contributed by atoms with Crippen LogP contribution in [0, 0.1) is 6.07 Å². The van der Waals surface area contributed by atoms with Crippen molar-refractivity contribution in [2.75, 3.05) is 0 Å². The van der Waals surface area contributed by atoms with E-state index < -0.39 is 17.8 Å². The number of aliphatic carboxylic acids is 1. The smallest absolute Gasteiger partial charge is 0.305 e. The van der Waals surface area contributed by atoms with E-state index in [9.17, 15) is 9.59 Å². The highest BCUT2D eigenvalue weighted by molar-refractivity contribution is 6.01. The molecule has 4 heteroatoms. The first-order valence-corrected chi connectivity index (χ1v) is 4.09. The van der Waals surface area contributed by atoms with Gasteiger partial charge in [-0.3, -0.25) is 9.59 Å². The molecule has 73 valence electrons. The summed E-state index contributed by atoms with van der Waals surface area (Å²) in [7, 11) is 0. The number of carbonyl (C=O) groups excluding carboxylic acids is 1. The van der Waals surface area contributed by atoms with Gasteiger partial charge in [0, 0.05) is 5.56 Å². The molecule has 14 heavy (non-hydrogen) atoms. The Morgan fingerprint density at radius 1 is 1.50 bits per heavy atom. The number of hydrogen-bond acceptors (Lipinski definition) is 3. The minimum absolute atomic E-state index is 0.321. The van der Waals surface area contributed by atoms with Crippen molar-refractivity contribution in [3.05, 3.63) is 35.9 Å². The first-order chi connectivity index (χ1) is 6.61. The van der Waals surface area contributed by atoms with Crippen LogP contribution in [0.1, 0.15) is 16.8 Å². The fourth-order valence-electron chi connectivity index (χ4n) is 1.03. The van der Waals surface area contributed by atoms with Crippen LogP contribution in [0.2, 0.25) is 0 Å². The fourth-order valence-corrected chi connectivity index (χ4v) is 1.03. The van der Waals surface area contributed by atoms with Gasteiger partial charge in [0.05, 0.1) is 12.5 Å². The average molecular weight is 192 g/mol. The summed E-state index contributed by atoms with van der Waals surface area (Å²) in [6, 6.07) is 8.25. The summed E-state index contributed by atoms with van der Waals surface area (Å²) in [5.74, 6) is -1.48. The van der Waals surface area contributed by atoms with Crippen molar-refractivity contribution >= 4 is 11.8 Å². The minimum Gasteiger partial charge on any atom is -0.481 e. The number of carbonyl (C=O) groups is 2. The zero-order valence-corrected chi connectivity index (χ0v) is 7.43. The Labute approximate surface area is 81.3 Å². The van der Waals surface area contributed by atoms with E-state index in [1.807, 2.05) is 0 Å². The molecule has 4 nitrogen and oxygen atoms in total. The second-order valence-electron chi connectivity index (χ2n) is 2.84. The van der Waals surface area contributed by atoms with Crippen molar-refractivity contribution in [1.29, 1.82) is 0 Å². The van der Waals surface area contributed by atoms with Gasteiger partial charge in [0.1, 0.15) is 0 Å². The molecule has 0 unspecified atom stereocenters. The Hall–Kier alpha value is -1.68. The molecule has 1 rings (SSSR count). The third-order valence-corrected chi connectivity index (χ3v) is 1.71. The van der Waals surface area contributed by atoms with Gasteiger partial charge in [-0.05, 0) is 6.07 Å². The highest BCUT2D eigenvalue weighted by Crippen LogP contribution is 2.03. The van der Waals surface area contributed by atoms with Gasteiger partial charge in [-0.1, -0.05) is 24.3 Å². The Bertz CT molecular complexity index is 334. The first kappa shape index (κ1) is 10.4. The molecule has 0 bridgehead atoms. The van der Waals surface area contributed by atoms with E-state index in [4.69, 9.17) is 10.8 Å². The number of nitrogens with two attached hydrogens (primary N) is 1. The van der Waals surface area contributed by atoms with E-state index in [1.165, 1.54) is 0 Å². The van der Waals surface area contributed by atoms with Crippen LogP contribution in [0.15, 0.2) is 24.3 Å². The van der Waals surface area contributed by atoms with Gasteiger partial charge < -0.3 is 10.8 Å². The number of benzene rings is 1. The molecule has 0 aliphatic carbocycles. The normalized spacial score (nSPS) is 12.1. The summed E-state index contributed by atoms with van der Waals surface area (Å²) in [6.45, 7) is 0. The SMILES string of the molecule is N[C@@H](CC(=O)O)C(=O)c1[c]cccc1. The van der Waals surface area contributed by atoms with Crippen LogP contribution in [-0.2, 0) is 4.79 Å². The molecule has 0 aliphatic rings. The predicted octanol–water partition coefficient (Wildman–Crippen LogP) is 0.471. The topological polar surface area (TPSA) is 80.4 Å². The summed E-state index contributed by atoms with van der Waals surface area (Å²) in [5, 5.41) is 8.44. The molecule has 0 amide bonds. The molecule has 0 aliphatic heterocycles. The molecule has 0 aromatic heterocycles. The van der Waals surface area contributed by atoms with Crippen molar-refractivity contribution in [3.63, 3.8) is 0 Å². The summed E-state index contributed by atoms with van der Waals surface area (Å²) in [4.78, 5) is 21.8. The lowest BCUT2D eigenvalue weighted by Gasteiger charge is -2.06. The molecular weight excluding hydrogens is 182 g/mol. The lowest BCUT2D eigenvalue weighted by atomic mass is 10.0. The van der Waals surface area contributed by atoms with Crippen molar-refractivity contribution in [1.82, 2.24) is 0 Å². The Kier molecular flexibility index (Phi) is 3.36. The van der Waals surface area contributed by atoms with Gasteiger partial charge in [0.15, 0.2) is 5.78 Å². The van der Waals surface area contributed by atoms with Crippen LogP contribution in [0.3, 0.4) is 0 Å². The molecule has 1 atom stereocenters. The van der Waals surface area contributed by atoms with Gasteiger partial charge in [-0.25, -0.2) is 0 Å². The maximum atomic E-state index is 11.5. The van der Waals surface area contributed by atoms with Crippen LogP contribution in [0.5, 0.6) is 0 Å². The highest BCUT2D eigenvalue weighted by Gasteiger charge is 2.18. The maximum absolute atomic E-state index is 11.5. The largest absolute Gasteiger partial charge is 0.481 e. The lowest BCUT2D eigenvalue weighted by molar-refractivity contribution is -0.137. The van der Waals surface area contributed by atoms with E-state index in [1.54, 1.807) is 24.3 Å². The van der Waals surface area contributed by atoms with Crippen molar-refractivity contribution < 1.29 is 14.7 Å². The number of carboxylic acid groups (broad SMARTS) is 1. The standard InChI is InChI=1S/C10H10NO3/c11-8(6-9(12)13)10(14)7-4-2-1-3-5-7/h1-4,8H,6,11H2,(H,12,13)/t8-/m0/s1. The predicted molar refractivity (Wildman–Crippen MR) is 49.8 cm³/mol. The molecule has 0 saturated heterocycles. The van der Waals surface area contributed by atoms with Gasteiger partial charge in [0.2, 0.25) is 0 Å². The molecule has 1 aromatic rings. The van der Waals surface area contributed by atoms with E-state index in [0.29, 0.717) is 5.56 Å². The molecule has 0 fully saturated rings. The van der Waals surface area contributed by atoms with Crippen LogP contribution in [0.25, 0.3) is 0 Å². The highest BCUT2D eigenvalue weighted by atomic mass is 16.4. The number of carboxylic acids is 1.